The fourth-order valence-electron chi connectivity index (χ4n) is 3.56. The first-order valence-corrected chi connectivity index (χ1v) is 9.87. The highest BCUT2D eigenvalue weighted by molar-refractivity contribution is 6.13. The molecule has 3 aromatic carbocycles. The van der Waals surface area contributed by atoms with E-state index in [-0.39, 0.29) is 50.4 Å². The van der Waals surface area contributed by atoms with Crippen molar-refractivity contribution in [2.45, 2.75) is 6.18 Å². The van der Waals surface area contributed by atoms with Crippen LogP contribution >= 0.6 is 0 Å². The van der Waals surface area contributed by atoms with Gasteiger partial charge in [-0.1, -0.05) is 23.4 Å². The highest BCUT2D eigenvalue weighted by Crippen LogP contribution is 2.42. The second-order valence-corrected chi connectivity index (χ2v) is 7.25. The minimum Gasteiger partial charge on any atom is -0.496 e. The summed E-state index contributed by atoms with van der Waals surface area (Å²) in [5.41, 5.74) is -1.59. The SMILES string of the molecule is COc1cc2onc(C(=O)Nc3ccc(C#N)cc3C(=O)O)c2cc1-c1ccccc1C(F)(F)F. The Balaban J connectivity index is 1.82. The summed E-state index contributed by atoms with van der Waals surface area (Å²) in [7, 11) is 1.28. The van der Waals surface area contributed by atoms with Gasteiger partial charge in [-0.3, -0.25) is 4.79 Å². The van der Waals surface area contributed by atoms with Gasteiger partial charge in [-0.25, -0.2) is 4.79 Å². The number of alkyl halides is 3. The largest absolute Gasteiger partial charge is 0.496 e. The first-order chi connectivity index (χ1) is 16.6. The lowest BCUT2D eigenvalue weighted by Crippen LogP contribution is -2.15. The number of anilines is 1. The molecule has 176 valence electrons. The summed E-state index contributed by atoms with van der Waals surface area (Å²) in [4.78, 5) is 24.5. The number of halogens is 3. The lowest BCUT2D eigenvalue weighted by molar-refractivity contribution is -0.137. The van der Waals surface area contributed by atoms with Crippen molar-refractivity contribution in [3.8, 4) is 22.9 Å². The summed E-state index contributed by atoms with van der Waals surface area (Å²) in [5.74, 6) is -2.17. The summed E-state index contributed by atoms with van der Waals surface area (Å²) in [6.45, 7) is 0. The van der Waals surface area contributed by atoms with Crippen LogP contribution in [0.3, 0.4) is 0 Å². The van der Waals surface area contributed by atoms with E-state index in [1.807, 2.05) is 0 Å². The molecular weight excluding hydrogens is 467 g/mol. The summed E-state index contributed by atoms with van der Waals surface area (Å²) in [6.07, 6.45) is -4.64. The van der Waals surface area contributed by atoms with Crippen LogP contribution in [0, 0.1) is 11.3 Å². The molecule has 0 aliphatic heterocycles. The molecular formula is C24H14F3N3O5. The Bertz CT molecular complexity index is 1520. The Morgan fingerprint density at radius 2 is 1.86 bits per heavy atom. The number of ether oxygens (including phenoxy) is 1. The molecule has 0 unspecified atom stereocenters. The number of carbonyl (C=O) groups is 2. The number of amides is 1. The number of aromatic nitrogens is 1. The van der Waals surface area contributed by atoms with Gasteiger partial charge in [0.1, 0.15) is 5.75 Å². The average molecular weight is 481 g/mol. The van der Waals surface area contributed by atoms with Crippen molar-refractivity contribution >= 4 is 28.5 Å². The van der Waals surface area contributed by atoms with Gasteiger partial charge in [0.05, 0.1) is 40.9 Å². The standard InChI is InChI=1S/C24H14F3N3O5/c1-34-19-10-20-16(9-14(19)13-4-2-3-5-17(13)24(25,26)27)21(30-35-20)22(31)29-18-7-6-12(11-28)8-15(18)23(32)33/h2-10H,1H3,(H,29,31)(H,32,33). The highest BCUT2D eigenvalue weighted by Gasteiger charge is 2.34. The summed E-state index contributed by atoms with van der Waals surface area (Å²) < 4.78 is 51.3. The topological polar surface area (TPSA) is 125 Å². The zero-order valence-corrected chi connectivity index (χ0v) is 17.8. The summed E-state index contributed by atoms with van der Waals surface area (Å²) in [6, 6.07) is 13.0. The van der Waals surface area contributed by atoms with Gasteiger partial charge in [0, 0.05) is 11.6 Å². The average Bonchev–Trinajstić information content (AvgIpc) is 3.25. The number of hydrogen-bond donors (Lipinski definition) is 2. The number of rotatable bonds is 5. The van der Waals surface area contributed by atoms with Gasteiger partial charge in [0.15, 0.2) is 11.3 Å². The van der Waals surface area contributed by atoms with E-state index in [9.17, 15) is 27.9 Å². The van der Waals surface area contributed by atoms with E-state index in [0.717, 1.165) is 12.1 Å². The molecule has 0 aliphatic rings. The van der Waals surface area contributed by atoms with Gasteiger partial charge < -0.3 is 19.7 Å². The van der Waals surface area contributed by atoms with Crippen molar-refractivity contribution < 1.29 is 37.1 Å². The molecule has 0 fully saturated rings. The number of nitriles is 1. The Kier molecular flexibility index (Phi) is 5.88. The molecule has 0 bridgehead atoms. The number of aromatic carboxylic acids is 1. The van der Waals surface area contributed by atoms with Crippen LogP contribution in [0.1, 0.15) is 32.0 Å². The smallest absolute Gasteiger partial charge is 0.417 e. The van der Waals surface area contributed by atoms with Crippen LogP contribution in [0.25, 0.3) is 22.1 Å². The Hall–Kier alpha value is -4.85. The predicted molar refractivity (Wildman–Crippen MR) is 117 cm³/mol. The highest BCUT2D eigenvalue weighted by atomic mass is 19.4. The van der Waals surface area contributed by atoms with Gasteiger partial charge in [0.2, 0.25) is 0 Å². The molecule has 0 saturated carbocycles. The molecule has 0 atom stereocenters. The number of hydrogen-bond acceptors (Lipinski definition) is 6. The zero-order chi connectivity index (χ0) is 25.3. The number of carboxylic acid groups (broad SMARTS) is 1. The second kappa shape index (κ2) is 8.83. The van der Waals surface area contributed by atoms with Crippen LogP contribution in [0.2, 0.25) is 0 Å². The minimum atomic E-state index is -4.64. The molecule has 0 radical (unpaired) electrons. The summed E-state index contributed by atoms with van der Waals surface area (Å²) >= 11 is 0. The molecule has 0 aliphatic carbocycles. The van der Waals surface area contributed by atoms with Gasteiger partial charge in [-0.05, 0) is 35.9 Å². The lowest BCUT2D eigenvalue weighted by atomic mass is 9.96. The molecule has 11 heteroatoms. The Labute approximate surface area is 195 Å². The predicted octanol–water partition coefficient (Wildman–Crippen LogP) is 5.34. The molecule has 2 N–H and O–H groups in total. The van der Waals surface area contributed by atoms with E-state index in [1.54, 1.807) is 6.07 Å². The van der Waals surface area contributed by atoms with Crippen LogP contribution in [-0.2, 0) is 6.18 Å². The number of nitrogens with zero attached hydrogens (tertiary/aromatic N) is 2. The van der Waals surface area contributed by atoms with Crippen LogP contribution in [0.5, 0.6) is 5.75 Å². The van der Waals surface area contributed by atoms with E-state index in [2.05, 4.69) is 10.5 Å². The number of fused-ring (bicyclic) bond motifs is 1. The molecule has 35 heavy (non-hydrogen) atoms. The maximum atomic E-state index is 13.6. The quantitative estimate of drug-likeness (QED) is 0.394. The van der Waals surface area contributed by atoms with E-state index < -0.39 is 23.6 Å². The van der Waals surface area contributed by atoms with Gasteiger partial charge in [-0.2, -0.15) is 18.4 Å². The van der Waals surface area contributed by atoms with Crippen molar-refractivity contribution in [3.05, 3.63) is 77.0 Å². The number of carbonyl (C=O) groups excluding carboxylic acids is 1. The van der Waals surface area contributed by atoms with E-state index in [1.165, 1.54) is 49.6 Å². The van der Waals surface area contributed by atoms with Crippen LogP contribution in [-0.4, -0.2) is 29.2 Å². The normalized spacial score (nSPS) is 11.2. The zero-order valence-electron chi connectivity index (χ0n) is 17.8. The van der Waals surface area contributed by atoms with E-state index in [0.29, 0.717) is 0 Å². The molecule has 0 spiro atoms. The number of nitrogens with one attached hydrogen (secondary N) is 1. The molecule has 8 nitrogen and oxygen atoms in total. The summed E-state index contributed by atoms with van der Waals surface area (Å²) in [5, 5.41) is 24.6. The number of methoxy groups -OCH3 is 1. The lowest BCUT2D eigenvalue weighted by Gasteiger charge is -2.15. The van der Waals surface area contributed by atoms with Gasteiger partial charge in [-0.15, -0.1) is 0 Å². The molecule has 1 amide bonds. The van der Waals surface area contributed by atoms with Crippen LogP contribution in [0.15, 0.2) is 59.1 Å². The monoisotopic (exact) mass is 481 g/mol. The van der Waals surface area contributed by atoms with Gasteiger partial charge in [0.25, 0.3) is 5.91 Å². The number of benzene rings is 3. The molecule has 4 rings (SSSR count). The van der Waals surface area contributed by atoms with E-state index >= 15 is 0 Å². The third-order valence-corrected chi connectivity index (χ3v) is 5.16. The van der Waals surface area contributed by atoms with Gasteiger partial charge >= 0.3 is 12.1 Å². The maximum absolute atomic E-state index is 13.6. The molecule has 1 aromatic heterocycles. The third kappa shape index (κ3) is 4.37. The second-order valence-electron chi connectivity index (χ2n) is 7.25. The van der Waals surface area contributed by atoms with Crippen LogP contribution in [0.4, 0.5) is 18.9 Å². The Morgan fingerprint density at radius 1 is 1.11 bits per heavy atom. The Morgan fingerprint density at radius 3 is 2.51 bits per heavy atom. The fraction of sp³-hybridized carbons (Fsp3) is 0.0833. The van der Waals surface area contributed by atoms with Crippen molar-refractivity contribution in [1.29, 1.82) is 5.26 Å². The number of carboxylic acids is 1. The first-order valence-electron chi connectivity index (χ1n) is 9.87. The third-order valence-electron chi connectivity index (χ3n) is 5.16. The first kappa shape index (κ1) is 23.3. The molecule has 4 aromatic rings. The van der Waals surface area contributed by atoms with Crippen molar-refractivity contribution in [3.63, 3.8) is 0 Å². The molecule has 0 saturated heterocycles. The van der Waals surface area contributed by atoms with Crippen molar-refractivity contribution in [1.82, 2.24) is 5.16 Å². The van der Waals surface area contributed by atoms with Crippen molar-refractivity contribution in [2.75, 3.05) is 12.4 Å². The molecule has 1 heterocycles. The fourth-order valence-corrected chi connectivity index (χ4v) is 3.56. The maximum Gasteiger partial charge on any atom is 0.417 e. The minimum absolute atomic E-state index is 0.0507. The van der Waals surface area contributed by atoms with E-state index in [4.69, 9.17) is 14.5 Å². The van der Waals surface area contributed by atoms with Crippen LogP contribution < -0.4 is 10.1 Å². The van der Waals surface area contributed by atoms with Crippen molar-refractivity contribution in [2.24, 2.45) is 0 Å².